The largest absolute Gasteiger partial charge is 0.339 e. The molecule has 156 valence electrons. The van der Waals surface area contributed by atoms with Gasteiger partial charge in [-0.1, -0.05) is 0 Å². The third kappa shape index (κ3) is 4.00. The van der Waals surface area contributed by atoms with Crippen molar-refractivity contribution in [3.63, 3.8) is 0 Å². The van der Waals surface area contributed by atoms with Crippen LogP contribution in [0.4, 0.5) is 5.69 Å². The molecule has 0 saturated carbocycles. The number of anilines is 1. The van der Waals surface area contributed by atoms with Crippen molar-refractivity contribution < 1.29 is 21.6 Å². The number of primary sulfonamides is 1. The van der Waals surface area contributed by atoms with E-state index in [2.05, 4.69) is 0 Å². The van der Waals surface area contributed by atoms with Crippen molar-refractivity contribution in [2.45, 2.75) is 30.1 Å². The quantitative estimate of drug-likeness (QED) is 0.736. The first kappa shape index (κ1) is 21.3. The predicted octanol–water partition coefficient (Wildman–Crippen LogP) is 1.57. The van der Waals surface area contributed by atoms with Crippen LogP contribution in [0, 0.1) is 0 Å². The number of sulfonamides is 2. The highest BCUT2D eigenvalue weighted by Gasteiger charge is 2.31. The van der Waals surface area contributed by atoms with Crippen LogP contribution in [0.25, 0.3) is 0 Å². The highest BCUT2D eigenvalue weighted by molar-refractivity contribution is 7.92. The van der Waals surface area contributed by atoms with Gasteiger partial charge in [-0.05, 0) is 68.3 Å². The van der Waals surface area contributed by atoms with Gasteiger partial charge in [-0.2, -0.15) is 0 Å². The Hall–Kier alpha value is -2.43. The molecule has 1 aliphatic heterocycles. The molecule has 1 aliphatic rings. The second-order valence-electron chi connectivity index (χ2n) is 6.66. The summed E-state index contributed by atoms with van der Waals surface area (Å²) in [4.78, 5) is 14.1. The maximum Gasteiger partial charge on any atom is 0.264 e. The van der Waals surface area contributed by atoms with Gasteiger partial charge in [0, 0.05) is 25.2 Å². The van der Waals surface area contributed by atoms with Crippen molar-refractivity contribution in [2.24, 2.45) is 5.14 Å². The molecular formula is C19H23N3O5S2. The van der Waals surface area contributed by atoms with E-state index in [1.54, 1.807) is 4.90 Å². The second kappa shape index (κ2) is 7.77. The lowest BCUT2D eigenvalue weighted by molar-refractivity contribution is 0.0773. The van der Waals surface area contributed by atoms with Gasteiger partial charge in [-0.25, -0.2) is 22.0 Å². The molecule has 0 saturated heterocycles. The fraction of sp³-hybridized carbons (Fsp3) is 0.316. The molecule has 0 bridgehead atoms. The minimum absolute atomic E-state index is 0.0465. The summed E-state index contributed by atoms with van der Waals surface area (Å²) in [5.74, 6) is -0.152. The SMILES string of the molecule is CCN(CC)C(=O)c1ccc(S(=O)(=O)N2CCc3cc(S(N)(=O)=O)ccc32)cc1. The number of nitrogens with zero attached hydrogens (tertiary/aromatic N) is 2. The molecule has 0 unspecified atom stereocenters. The van der Waals surface area contributed by atoms with E-state index in [4.69, 9.17) is 5.14 Å². The van der Waals surface area contributed by atoms with Crippen molar-refractivity contribution >= 4 is 31.6 Å². The Bertz CT molecular complexity index is 1140. The Morgan fingerprint density at radius 1 is 1.00 bits per heavy atom. The number of fused-ring (bicyclic) bond motifs is 1. The molecule has 0 atom stereocenters. The van der Waals surface area contributed by atoms with Gasteiger partial charge in [0.1, 0.15) is 0 Å². The third-order valence-electron chi connectivity index (χ3n) is 4.97. The number of rotatable bonds is 6. The van der Waals surface area contributed by atoms with Crippen molar-refractivity contribution in [1.29, 1.82) is 0 Å². The normalized spacial score (nSPS) is 14.0. The summed E-state index contributed by atoms with van der Waals surface area (Å²) in [7, 11) is -7.70. The van der Waals surface area contributed by atoms with Crippen molar-refractivity contribution in [3.8, 4) is 0 Å². The minimum Gasteiger partial charge on any atom is -0.339 e. The standard InChI is InChI=1S/C19H23N3O5S2/c1-3-21(4-2)19(23)14-5-7-16(8-6-14)29(26,27)22-12-11-15-13-17(28(20,24)25)9-10-18(15)22/h5-10,13H,3-4,11-12H2,1-2H3,(H2,20,24,25). The highest BCUT2D eigenvalue weighted by Crippen LogP contribution is 2.34. The molecule has 2 aromatic carbocycles. The van der Waals surface area contributed by atoms with Crippen LogP contribution in [-0.4, -0.2) is 47.3 Å². The van der Waals surface area contributed by atoms with Gasteiger partial charge in [0.05, 0.1) is 15.5 Å². The molecule has 1 amide bonds. The average Bonchev–Trinajstić information content (AvgIpc) is 3.12. The first-order chi connectivity index (χ1) is 13.6. The molecule has 0 aliphatic carbocycles. The Morgan fingerprint density at radius 2 is 1.59 bits per heavy atom. The summed E-state index contributed by atoms with van der Waals surface area (Å²) in [5.41, 5.74) is 1.46. The molecule has 29 heavy (non-hydrogen) atoms. The first-order valence-electron chi connectivity index (χ1n) is 9.17. The zero-order valence-corrected chi connectivity index (χ0v) is 17.8. The van der Waals surface area contributed by atoms with E-state index >= 15 is 0 Å². The van der Waals surface area contributed by atoms with E-state index in [9.17, 15) is 21.6 Å². The molecule has 0 spiro atoms. The average molecular weight is 438 g/mol. The summed E-state index contributed by atoms with van der Waals surface area (Å²) in [6.07, 6.45) is 0.385. The van der Waals surface area contributed by atoms with Crippen LogP contribution in [0.1, 0.15) is 29.8 Å². The van der Waals surface area contributed by atoms with E-state index in [1.807, 2.05) is 13.8 Å². The lowest BCUT2D eigenvalue weighted by Gasteiger charge is -2.21. The molecule has 1 heterocycles. The molecule has 10 heteroatoms. The van der Waals surface area contributed by atoms with E-state index in [1.165, 1.54) is 46.8 Å². The summed E-state index contributed by atoms with van der Waals surface area (Å²) in [5, 5.41) is 5.15. The first-order valence-corrected chi connectivity index (χ1v) is 12.2. The van der Waals surface area contributed by atoms with E-state index in [-0.39, 0.29) is 22.2 Å². The number of carbonyl (C=O) groups is 1. The maximum atomic E-state index is 13.1. The van der Waals surface area contributed by atoms with Gasteiger partial charge in [-0.15, -0.1) is 0 Å². The second-order valence-corrected chi connectivity index (χ2v) is 10.1. The molecule has 0 radical (unpaired) electrons. The van der Waals surface area contributed by atoms with Gasteiger partial charge >= 0.3 is 0 Å². The number of amides is 1. The van der Waals surface area contributed by atoms with Crippen LogP contribution >= 0.6 is 0 Å². The number of carbonyl (C=O) groups excluding carboxylic acids is 1. The van der Waals surface area contributed by atoms with Crippen LogP contribution in [0.15, 0.2) is 52.3 Å². The zero-order chi connectivity index (χ0) is 21.4. The topological polar surface area (TPSA) is 118 Å². The monoisotopic (exact) mass is 437 g/mol. The molecule has 2 aromatic rings. The molecule has 3 rings (SSSR count). The Morgan fingerprint density at radius 3 is 2.14 bits per heavy atom. The molecule has 0 fully saturated rings. The summed E-state index contributed by atoms with van der Waals surface area (Å²) >= 11 is 0. The number of nitrogens with two attached hydrogens (primary N) is 1. The van der Waals surface area contributed by atoms with Gasteiger partial charge < -0.3 is 4.90 Å². The molecule has 8 nitrogen and oxygen atoms in total. The smallest absolute Gasteiger partial charge is 0.264 e. The van der Waals surface area contributed by atoms with Crippen LogP contribution in [-0.2, 0) is 26.5 Å². The summed E-state index contributed by atoms with van der Waals surface area (Å²) in [6.45, 7) is 5.10. The highest BCUT2D eigenvalue weighted by atomic mass is 32.2. The lowest BCUT2D eigenvalue weighted by Crippen LogP contribution is -2.31. The number of benzene rings is 2. The molecular weight excluding hydrogens is 414 g/mol. The van der Waals surface area contributed by atoms with Crippen LogP contribution in [0.3, 0.4) is 0 Å². The van der Waals surface area contributed by atoms with Crippen LogP contribution in [0.2, 0.25) is 0 Å². The Labute approximate surface area is 171 Å². The van der Waals surface area contributed by atoms with Crippen molar-refractivity contribution in [1.82, 2.24) is 4.90 Å². The fourth-order valence-corrected chi connectivity index (χ4v) is 5.43. The summed E-state index contributed by atoms with van der Waals surface area (Å²) < 4.78 is 50.5. The molecule has 2 N–H and O–H groups in total. The fourth-order valence-electron chi connectivity index (χ4n) is 3.36. The van der Waals surface area contributed by atoms with Gasteiger partial charge in [0.2, 0.25) is 10.0 Å². The van der Waals surface area contributed by atoms with Crippen LogP contribution in [0.5, 0.6) is 0 Å². The Kier molecular flexibility index (Phi) is 5.70. The minimum atomic E-state index is -3.86. The lowest BCUT2D eigenvalue weighted by atomic mass is 10.2. The predicted molar refractivity (Wildman–Crippen MR) is 110 cm³/mol. The van der Waals surface area contributed by atoms with Crippen LogP contribution < -0.4 is 9.44 Å². The maximum absolute atomic E-state index is 13.1. The summed E-state index contributed by atoms with van der Waals surface area (Å²) in [6, 6.07) is 10.0. The van der Waals surface area contributed by atoms with Gasteiger partial charge in [0.15, 0.2) is 0 Å². The van der Waals surface area contributed by atoms with Gasteiger partial charge in [0.25, 0.3) is 15.9 Å². The number of hydrogen-bond donors (Lipinski definition) is 1. The van der Waals surface area contributed by atoms with E-state index < -0.39 is 20.0 Å². The van der Waals surface area contributed by atoms with E-state index in [0.717, 1.165) is 0 Å². The van der Waals surface area contributed by atoms with Crippen molar-refractivity contribution in [2.75, 3.05) is 23.9 Å². The van der Waals surface area contributed by atoms with Crippen molar-refractivity contribution in [3.05, 3.63) is 53.6 Å². The van der Waals surface area contributed by atoms with E-state index in [0.29, 0.717) is 36.3 Å². The molecule has 0 aromatic heterocycles. The number of hydrogen-bond acceptors (Lipinski definition) is 5. The zero-order valence-electron chi connectivity index (χ0n) is 16.2. The Balaban J connectivity index is 1.91. The van der Waals surface area contributed by atoms with Gasteiger partial charge in [-0.3, -0.25) is 9.10 Å². The third-order valence-corrected chi connectivity index (χ3v) is 7.71.